The third-order valence-electron chi connectivity index (χ3n) is 7.62. The largest absolute Gasteiger partial charge is 0.415 e. The minimum absolute atomic E-state index is 0.107. The molecule has 1 heterocycles. The van der Waals surface area contributed by atoms with Crippen LogP contribution < -0.4 is 4.74 Å². The van der Waals surface area contributed by atoms with Crippen molar-refractivity contribution >= 4 is 21.9 Å². The van der Waals surface area contributed by atoms with Gasteiger partial charge in [0.1, 0.15) is 11.5 Å². The number of nitrogens with zero attached hydrogens (tertiary/aromatic N) is 2. The van der Waals surface area contributed by atoms with Crippen LogP contribution in [-0.2, 0) is 14.8 Å². The molecule has 1 saturated heterocycles. The summed E-state index contributed by atoms with van der Waals surface area (Å²) >= 11 is 0. The van der Waals surface area contributed by atoms with Gasteiger partial charge in [-0.2, -0.15) is 0 Å². The van der Waals surface area contributed by atoms with Gasteiger partial charge in [-0.05, 0) is 42.7 Å². The highest BCUT2D eigenvalue weighted by Crippen LogP contribution is 2.64. The second kappa shape index (κ2) is 7.64. The lowest BCUT2D eigenvalue weighted by atomic mass is 9.70. The highest BCUT2D eigenvalue weighted by Gasteiger charge is 2.65. The van der Waals surface area contributed by atoms with Crippen LogP contribution in [0, 0.1) is 16.7 Å². The molecule has 3 fully saturated rings. The molecule has 2 saturated carbocycles. The number of ketones is 1. The summed E-state index contributed by atoms with van der Waals surface area (Å²) in [7, 11) is -3.61. The number of sulfonamides is 1. The Morgan fingerprint density at radius 3 is 2.50 bits per heavy atom. The van der Waals surface area contributed by atoms with Gasteiger partial charge in [-0.1, -0.05) is 32.0 Å². The molecule has 1 amide bonds. The molecule has 8 heteroatoms. The molecule has 2 aliphatic carbocycles. The first-order chi connectivity index (χ1) is 14.2. The molecule has 7 nitrogen and oxygen atoms in total. The Morgan fingerprint density at radius 2 is 1.87 bits per heavy atom. The molecule has 0 radical (unpaired) electrons. The fourth-order valence-electron chi connectivity index (χ4n) is 5.52. The summed E-state index contributed by atoms with van der Waals surface area (Å²) in [5, 5.41) is 0. The fraction of sp³-hybridized carbons (Fsp3) is 0.636. The zero-order valence-corrected chi connectivity index (χ0v) is 18.5. The summed E-state index contributed by atoms with van der Waals surface area (Å²) in [4.78, 5) is 26.8. The first-order valence-electron chi connectivity index (χ1n) is 10.7. The van der Waals surface area contributed by atoms with Crippen molar-refractivity contribution < 1.29 is 22.7 Å². The van der Waals surface area contributed by atoms with Crippen LogP contribution in [0.5, 0.6) is 5.75 Å². The third-order valence-corrected chi connectivity index (χ3v) is 9.63. The van der Waals surface area contributed by atoms with E-state index in [-0.39, 0.29) is 36.0 Å². The Balaban J connectivity index is 1.43. The van der Waals surface area contributed by atoms with Gasteiger partial charge in [0.15, 0.2) is 0 Å². The van der Waals surface area contributed by atoms with Crippen LogP contribution in [0.2, 0.25) is 0 Å². The van der Waals surface area contributed by atoms with Gasteiger partial charge >= 0.3 is 6.09 Å². The topological polar surface area (TPSA) is 84.0 Å². The molecular weight excluding hydrogens is 404 g/mol. The summed E-state index contributed by atoms with van der Waals surface area (Å²) in [6.45, 7) is 5.39. The summed E-state index contributed by atoms with van der Waals surface area (Å²) in [5.74, 6) is 0.743. The Hall–Kier alpha value is -1.93. The molecule has 0 aromatic heterocycles. The Morgan fingerprint density at radius 1 is 1.13 bits per heavy atom. The highest BCUT2D eigenvalue weighted by atomic mass is 32.2. The molecule has 4 rings (SSSR count). The van der Waals surface area contributed by atoms with Crippen LogP contribution in [0.25, 0.3) is 0 Å². The van der Waals surface area contributed by atoms with Gasteiger partial charge in [-0.3, -0.25) is 4.79 Å². The van der Waals surface area contributed by atoms with Crippen LogP contribution >= 0.6 is 0 Å². The molecule has 2 unspecified atom stereocenters. The summed E-state index contributed by atoms with van der Waals surface area (Å²) < 4.78 is 33.5. The average Bonchev–Trinajstić information content (AvgIpc) is 2.93. The van der Waals surface area contributed by atoms with Crippen molar-refractivity contribution in [2.75, 3.05) is 31.9 Å². The number of fused-ring (bicyclic) bond motifs is 2. The van der Waals surface area contributed by atoms with Crippen LogP contribution in [0.4, 0.5) is 4.79 Å². The second-order valence-corrected chi connectivity index (χ2v) is 11.3. The predicted octanol–water partition coefficient (Wildman–Crippen LogP) is 2.92. The summed E-state index contributed by atoms with van der Waals surface area (Å²) in [6, 6.07) is 8.84. The normalized spacial score (nSPS) is 29.1. The van der Waals surface area contributed by atoms with E-state index in [0.29, 0.717) is 38.1 Å². The number of benzene rings is 1. The standard InChI is InChI=1S/C22H30N2O5S/c1-21(2)17-9-10-22(21,19(25)15-17)16-30(27,28)24-12-6-11-23(13-14-24)20(26)29-18-7-4-3-5-8-18/h3-5,7-8,17H,6,9-16H2,1-2H3. The van der Waals surface area contributed by atoms with Gasteiger partial charge in [0.25, 0.3) is 0 Å². The van der Waals surface area contributed by atoms with Crippen LogP contribution in [0.3, 0.4) is 0 Å². The van der Waals surface area contributed by atoms with Crippen molar-refractivity contribution in [3.8, 4) is 5.75 Å². The average molecular weight is 435 g/mol. The summed E-state index contributed by atoms with van der Waals surface area (Å²) in [6.07, 6.45) is 2.15. The molecule has 1 aliphatic heterocycles. The van der Waals surface area contributed by atoms with Crippen molar-refractivity contribution in [2.24, 2.45) is 16.7 Å². The highest BCUT2D eigenvalue weighted by molar-refractivity contribution is 7.89. The number of carbonyl (C=O) groups excluding carboxylic acids is 2. The Bertz CT molecular complexity index is 930. The maximum atomic E-state index is 13.3. The van der Waals surface area contributed by atoms with E-state index in [4.69, 9.17) is 4.74 Å². The molecule has 164 valence electrons. The number of ether oxygens (including phenoxy) is 1. The lowest BCUT2D eigenvalue weighted by molar-refractivity contribution is -0.128. The van der Waals surface area contributed by atoms with Crippen molar-refractivity contribution in [2.45, 2.75) is 39.5 Å². The Labute approximate surface area is 178 Å². The quantitative estimate of drug-likeness (QED) is 0.728. The van der Waals surface area contributed by atoms with Gasteiger partial charge in [0.2, 0.25) is 10.0 Å². The zero-order chi connectivity index (χ0) is 21.6. The number of carbonyl (C=O) groups is 2. The van der Waals surface area contributed by atoms with Gasteiger partial charge < -0.3 is 9.64 Å². The third kappa shape index (κ3) is 3.54. The number of amides is 1. The van der Waals surface area contributed by atoms with Gasteiger partial charge in [-0.25, -0.2) is 17.5 Å². The monoisotopic (exact) mass is 434 g/mol. The van der Waals surface area contributed by atoms with E-state index in [0.717, 1.165) is 6.42 Å². The van der Waals surface area contributed by atoms with Gasteiger partial charge in [-0.15, -0.1) is 0 Å². The minimum Gasteiger partial charge on any atom is -0.410 e. The van der Waals surface area contributed by atoms with E-state index < -0.39 is 21.5 Å². The molecule has 0 N–H and O–H groups in total. The van der Waals surface area contributed by atoms with E-state index in [9.17, 15) is 18.0 Å². The van der Waals surface area contributed by atoms with Crippen molar-refractivity contribution in [1.82, 2.24) is 9.21 Å². The Kier molecular flexibility index (Phi) is 5.43. The number of hydrogen-bond acceptors (Lipinski definition) is 5. The molecule has 1 aromatic carbocycles. The minimum atomic E-state index is -3.61. The van der Waals surface area contributed by atoms with E-state index in [1.54, 1.807) is 29.2 Å². The lowest BCUT2D eigenvalue weighted by Crippen LogP contribution is -2.47. The van der Waals surface area contributed by atoms with E-state index in [1.807, 2.05) is 6.07 Å². The van der Waals surface area contributed by atoms with Crippen LogP contribution in [-0.4, -0.2) is 61.4 Å². The molecule has 3 aliphatic rings. The van der Waals surface area contributed by atoms with Gasteiger partial charge in [0.05, 0.1) is 5.75 Å². The molecule has 0 spiro atoms. The summed E-state index contributed by atoms with van der Waals surface area (Å²) in [5.41, 5.74) is -1.05. The molecule has 1 aromatic rings. The molecule has 2 bridgehead atoms. The van der Waals surface area contributed by atoms with Gasteiger partial charge in [0, 0.05) is 38.0 Å². The zero-order valence-electron chi connectivity index (χ0n) is 17.7. The van der Waals surface area contributed by atoms with Crippen LogP contribution in [0.15, 0.2) is 30.3 Å². The van der Waals surface area contributed by atoms with E-state index >= 15 is 0 Å². The smallest absolute Gasteiger partial charge is 0.410 e. The fourth-order valence-corrected chi connectivity index (χ4v) is 7.77. The second-order valence-electron chi connectivity index (χ2n) is 9.34. The number of hydrogen-bond donors (Lipinski definition) is 0. The predicted molar refractivity (Wildman–Crippen MR) is 113 cm³/mol. The molecule has 2 atom stereocenters. The number of para-hydroxylation sites is 1. The SMILES string of the molecule is CC1(C)C2CCC1(CS(=O)(=O)N1CCCN(C(=O)Oc3ccccc3)CC1)C(=O)C2. The van der Waals surface area contributed by atoms with E-state index in [2.05, 4.69) is 13.8 Å². The first-order valence-corrected chi connectivity index (χ1v) is 12.3. The van der Waals surface area contributed by atoms with Crippen molar-refractivity contribution in [3.63, 3.8) is 0 Å². The van der Waals surface area contributed by atoms with Crippen molar-refractivity contribution in [3.05, 3.63) is 30.3 Å². The first kappa shape index (κ1) is 21.3. The van der Waals surface area contributed by atoms with Crippen molar-refractivity contribution in [1.29, 1.82) is 0 Å². The van der Waals surface area contributed by atoms with Crippen LogP contribution in [0.1, 0.15) is 39.5 Å². The lowest BCUT2D eigenvalue weighted by Gasteiger charge is -2.37. The number of Topliss-reactive ketones (excluding diaryl/α,β-unsaturated/α-hetero) is 1. The molecule has 30 heavy (non-hydrogen) atoms. The number of rotatable bonds is 4. The molecular formula is C22H30N2O5S. The maximum Gasteiger partial charge on any atom is 0.415 e. The van der Waals surface area contributed by atoms with E-state index in [1.165, 1.54) is 4.31 Å². The maximum absolute atomic E-state index is 13.3.